The Kier molecular flexibility index (Phi) is 7.22. The maximum absolute atomic E-state index is 14.4. The number of aliphatic carboxylic acids is 1. The van der Waals surface area contributed by atoms with Crippen LogP contribution in [0.2, 0.25) is 0 Å². The molecule has 0 radical (unpaired) electrons. The zero-order valence-electron chi connectivity index (χ0n) is 17.4. The number of halogens is 1. The molecule has 0 aliphatic heterocycles. The van der Waals surface area contributed by atoms with Gasteiger partial charge in [0.2, 0.25) is 5.88 Å². The summed E-state index contributed by atoms with van der Waals surface area (Å²) >= 11 is 0. The first-order chi connectivity index (χ1) is 15.4. The minimum Gasteiger partial charge on any atom is -0.497 e. The fourth-order valence-corrected chi connectivity index (χ4v) is 2.69. The van der Waals surface area contributed by atoms with Crippen molar-refractivity contribution >= 4 is 11.9 Å². The molecule has 1 aromatic heterocycles. The van der Waals surface area contributed by atoms with Crippen LogP contribution in [0, 0.1) is 5.82 Å². The summed E-state index contributed by atoms with van der Waals surface area (Å²) in [4.78, 5) is 27.7. The third-order valence-electron chi connectivity index (χ3n) is 4.40. The number of methoxy groups -OCH3 is 1. The number of nitrogens with zero attached hydrogens (tertiary/aromatic N) is 1. The molecule has 0 saturated carbocycles. The van der Waals surface area contributed by atoms with Crippen LogP contribution in [-0.2, 0) is 11.3 Å². The summed E-state index contributed by atoms with van der Waals surface area (Å²) in [6.07, 6.45) is 0.372. The standard InChI is InChI=1S/C23H21FN2O6/c1-14(23(28)29)31-18-9-8-15(20(24)12-18)13-26-21(27)19-7-4-10-25-22(19)32-17-6-3-5-16(11-17)30-2/h3-12,14H,13H2,1-2H3,(H,26,27)(H,28,29)/t14-/m1/s1. The highest BCUT2D eigenvalue weighted by Gasteiger charge is 2.17. The Hall–Kier alpha value is -4.14. The van der Waals surface area contributed by atoms with Crippen molar-refractivity contribution < 1.29 is 33.3 Å². The van der Waals surface area contributed by atoms with E-state index in [4.69, 9.17) is 19.3 Å². The Labute approximate surface area is 183 Å². The van der Waals surface area contributed by atoms with Crippen LogP contribution in [0.5, 0.6) is 23.1 Å². The van der Waals surface area contributed by atoms with Crippen molar-refractivity contribution in [2.24, 2.45) is 0 Å². The number of benzene rings is 2. The van der Waals surface area contributed by atoms with Crippen molar-refractivity contribution in [2.45, 2.75) is 19.6 Å². The Morgan fingerprint density at radius 2 is 1.88 bits per heavy atom. The summed E-state index contributed by atoms with van der Waals surface area (Å²) < 4.78 is 30.4. The molecule has 32 heavy (non-hydrogen) atoms. The topological polar surface area (TPSA) is 107 Å². The summed E-state index contributed by atoms with van der Waals surface area (Å²) in [5.41, 5.74) is 0.374. The van der Waals surface area contributed by atoms with Crippen LogP contribution in [0.25, 0.3) is 0 Å². The molecule has 2 N–H and O–H groups in total. The number of ether oxygens (including phenoxy) is 3. The first kappa shape index (κ1) is 22.5. The number of rotatable bonds is 9. The molecule has 1 amide bonds. The van der Waals surface area contributed by atoms with Crippen molar-refractivity contribution in [2.75, 3.05) is 7.11 Å². The monoisotopic (exact) mass is 440 g/mol. The number of carboxylic acid groups (broad SMARTS) is 1. The number of hydrogen-bond acceptors (Lipinski definition) is 6. The maximum atomic E-state index is 14.4. The van der Waals surface area contributed by atoms with E-state index in [0.29, 0.717) is 11.5 Å². The molecule has 0 saturated heterocycles. The fraction of sp³-hybridized carbons (Fsp3) is 0.174. The smallest absolute Gasteiger partial charge is 0.344 e. The molecule has 9 heteroatoms. The molecule has 3 rings (SSSR count). The fourth-order valence-electron chi connectivity index (χ4n) is 2.69. The van der Waals surface area contributed by atoms with Crippen molar-refractivity contribution in [3.05, 3.63) is 77.7 Å². The first-order valence-corrected chi connectivity index (χ1v) is 9.60. The van der Waals surface area contributed by atoms with Gasteiger partial charge in [-0.05, 0) is 37.3 Å². The molecular formula is C23H21FN2O6. The first-order valence-electron chi connectivity index (χ1n) is 9.60. The summed E-state index contributed by atoms with van der Waals surface area (Å²) in [7, 11) is 1.53. The molecule has 0 unspecified atom stereocenters. The third-order valence-corrected chi connectivity index (χ3v) is 4.40. The van der Waals surface area contributed by atoms with Gasteiger partial charge in [-0.2, -0.15) is 0 Å². The van der Waals surface area contributed by atoms with E-state index in [9.17, 15) is 14.0 Å². The number of carboxylic acids is 1. The Morgan fingerprint density at radius 1 is 1.09 bits per heavy atom. The van der Waals surface area contributed by atoms with Gasteiger partial charge in [0, 0.05) is 30.4 Å². The van der Waals surface area contributed by atoms with E-state index in [0.717, 1.165) is 6.07 Å². The number of aromatic nitrogens is 1. The minimum atomic E-state index is -1.16. The van der Waals surface area contributed by atoms with Gasteiger partial charge in [-0.1, -0.05) is 12.1 Å². The number of nitrogens with one attached hydrogen (secondary N) is 1. The van der Waals surface area contributed by atoms with Gasteiger partial charge in [-0.15, -0.1) is 0 Å². The van der Waals surface area contributed by atoms with E-state index in [2.05, 4.69) is 10.3 Å². The number of pyridine rings is 1. The van der Waals surface area contributed by atoms with Gasteiger partial charge >= 0.3 is 5.97 Å². The lowest BCUT2D eigenvalue weighted by atomic mass is 10.2. The van der Waals surface area contributed by atoms with Crippen LogP contribution in [0.3, 0.4) is 0 Å². The van der Waals surface area contributed by atoms with Crippen LogP contribution >= 0.6 is 0 Å². The molecule has 0 bridgehead atoms. The van der Waals surface area contributed by atoms with Gasteiger partial charge in [0.15, 0.2) is 6.10 Å². The molecule has 1 atom stereocenters. The van der Waals surface area contributed by atoms with Gasteiger partial charge in [-0.3, -0.25) is 4.79 Å². The second-order valence-electron chi connectivity index (χ2n) is 6.67. The Morgan fingerprint density at radius 3 is 2.59 bits per heavy atom. The summed E-state index contributed by atoms with van der Waals surface area (Å²) in [6.45, 7) is 1.24. The van der Waals surface area contributed by atoms with E-state index >= 15 is 0 Å². The molecule has 0 spiro atoms. The largest absolute Gasteiger partial charge is 0.497 e. The van der Waals surface area contributed by atoms with E-state index < -0.39 is 23.8 Å². The van der Waals surface area contributed by atoms with E-state index in [1.54, 1.807) is 36.4 Å². The lowest BCUT2D eigenvalue weighted by Crippen LogP contribution is -2.24. The summed E-state index contributed by atoms with van der Waals surface area (Å²) in [5, 5.41) is 11.5. The van der Waals surface area contributed by atoms with Crippen LogP contribution in [-0.4, -0.2) is 35.2 Å². The van der Waals surface area contributed by atoms with Crippen LogP contribution in [0.15, 0.2) is 60.8 Å². The number of carbonyl (C=O) groups is 2. The molecule has 0 fully saturated rings. The number of carbonyl (C=O) groups excluding carboxylic acids is 1. The van der Waals surface area contributed by atoms with Crippen molar-refractivity contribution in [3.8, 4) is 23.1 Å². The predicted octanol–water partition coefficient (Wildman–Crippen LogP) is 3.80. The lowest BCUT2D eigenvalue weighted by molar-refractivity contribution is -0.144. The van der Waals surface area contributed by atoms with Gasteiger partial charge in [0.05, 0.1) is 7.11 Å². The second-order valence-corrected chi connectivity index (χ2v) is 6.67. The lowest BCUT2D eigenvalue weighted by Gasteiger charge is -2.13. The predicted molar refractivity (Wildman–Crippen MR) is 113 cm³/mol. The van der Waals surface area contributed by atoms with Gasteiger partial charge in [-0.25, -0.2) is 14.2 Å². The van der Waals surface area contributed by atoms with Gasteiger partial charge in [0.1, 0.15) is 28.6 Å². The van der Waals surface area contributed by atoms with Crippen molar-refractivity contribution in [3.63, 3.8) is 0 Å². The highest BCUT2D eigenvalue weighted by molar-refractivity contribution is 5.96. The molecule has 1 heterocycles. The van der Waals surface area contributed by atoms with Crippen LogP contribution in [0.4, 0.5) is 4.39 Å². The molecular weight excluding hydrogens is 419 g/mol. The van der Waals surface area contributed by atoms with Crippen molar-refractivity contribution in [1.82, 2.24) is 10.3 Å². The van der Waals surface area contributed by atoms with Crippen LogP contribution < -0.4 is 19.5 Å². The molecule has 0 aliphatic carbocycles. The van der Waals surface area contributed by atoms with Gasteiger partial charge < -0.3 is 24.6 Å². The third kappa shape index (κ3) is 5.72. The molecule has 3 aromatic rings. The average molecular weight is 440 g/mol. The second kappa shape index (κ2) is 10.3. The van der Waals surface area contributed by atoms with E-state index in [-0.39, 0.29) is 29.3 Å². The quantitative estimate of drug-likeness (QED) is 0.521. The maximum Gasteiger partial charge on any atom is 0.344 e. The zero-order valence-corrected chi connectivity index (χ0v) is 17.4. The molecule has 166 valence electrons. The molecule has 2 aromatic carbocycles. The average Bonchev–Trinajstić information content (AvgIpc) is 2.78. The summed E-state index contributed by atoms with van der Waals surface area (Å²) in [5.74, 6) is -1.11. The molecule has 0 aliphatic rings. The summed E-state index contributed by atoms with van der Waals surface area (Å²) in [6, 6.07) is 13.9. The number of hydrogen-bond donors (Lipinski definition) is 2. The van der Waals surface area contributed by atoms with Gasteiger partial charge in [0.25, 0.3) is 5.91 Å². The van der Waals surface area contributed by atoms with E-state index in [1.807, 2.05) is 0 Å². The van der Waals surface area contributed by atoms with Crippen LogP contribution in [0.1, 0.15) is 22.8 Å². The van der Waals surface area contributed by atoms with Crippen molar-refractivity contribution in [1.29, 1.82) is 0 Å². The Bertz CT molecular complexity index is 1120. The normalized spacial score (nSPS) is 11.3. The molecule has 8 nitrogen and oxygen atoms in total. The highest BCUT2D eigenvalue weighted by atomic mass is 19.1. The zero-order chi connectivity index (χ0) is 23.1. The minimum absolute atomic E-state index is 0.0775. The number of amides is 1. The Balaban J connectivity index is 1.68. The SMILES string of the molecule is COc1cccc(Oc2ncccc2C(=O)NCc2ccc(O[C@H](C)C(=O)O)cc2F)c1. The highest BCUT2D eigenvalue weighted by Crippen LogP contribution is 2.26. The van der Waals surface area contributed by atoms with E-state index in [1.165, 1.54) is 32.4 Å².